The number of carbonyl (C=O) groups excluding carboxylic acids is 2. The number of nitro groups is 1. The Morgan fingerprint density at radius 1 is 1.33 bits per heavy atom. The summed E-state index contributed by atoms with van der Waals surface area (Å²) in [5, 5.41) is 12.5. The molecule has 0 amide bonds. The van der Waals surface area contributed by atoms with E-state index in [-0.39, 0.29) is 22.7 Å². The molecule has 1 heterocycles. The maximum absolute atomic E-state index is 12.0. The molecule has 0 aliphatic heterocycles. The van der Waals surface area contributed by atoms with E-state index in [0.29, 0.717) is 11.3 Å². The molecule has 1 aromatic carbocycles. The fourth-order valence-electron chi connectivity index (χ4n) is 1.98. The van der Waals surface area contributed by atoms with Gasteiger partial charge in [-0.15, -0.1) is 0 Å². The third kappa shape index (κ3) is 3.93. The van der Waals surface area contributed by atoms with E-state index in [1.54, 1.807) is 19.2 Å². The minimum atomic E-state index is -0.728. The quantitative estimate of drug-likeness (QED) is 0.340. The highest BCUT2D eigenvalue weighted by atomic mass is 32.1. The van der Waals surface area contributed by atoms with Crippen molar-refractivity contribution in [2.24, 2.45) is 0 Å². The molecule has 0 saturated carbocycles. The highest BCUT2D eigenvalue weighted by molar-refractivity contribution is 7.07. The van der Waals surface area contributed by atoms with Gasteiger partial charge >= 0.3 is 10.8 Å². The molecular formula is C15H14N2O6S. The Morgan fingerprint density at radius 2 is 2.04 bits per heavy atom. The van der Waals surface area contributed by atoms with Crippen LogP contribution in [0.2, 0.25) is 0 Å². The van der Waals surface area contributed by atoms with E-state index < -0.39 is 23.3 Å². The lowest BCUT2D eigenvalue weighted by Crippen LogP contribution is -2.24. The molecule has 0 saturated heterocycles. The molecular weight excluding hydrogens is 336 g/mol. The van der Waals surface area contributed by atoms with Crippen LogP contribution in [0.1, 0.15) is 21.6 Å². The summed E-state index contributed by atoms with van der Waals surface area (Å²) in [6.07, 6.45) is 0. The zero-order chi connectivity index (χ0) is 17.9. The minimum absolute atomic E-state index is 0.0870. The van der Waals surface area contributed by atoms with Crippen molar-refractivity contribution >= 4 is 28.8 Å². The second-order valence-electron chi connectivity index (χ2n) is 5.07. The minimum Gasteiger partial charge on any atom is -0.456 e. The number of aromatic nitrogens is 1. The number of esters is 1. The molecule has 0 atom stereocenters. The second-order valence-corrected chi connectivity index (χ2v) is 5.89. The Hall–Kier alpha value is -2.81. The molecule has 0 bridgehead atoms. The lowest BCUT2D eigenvalue weighted by Gasteiger charge is -2.06. The summed E-state index contributed by atoms with van der Waals surface area (Å²) in [5.41, 5.74) is 0.972. The van der Waals surface area contributed by atoms with Crippen molar-refractivity contribution in [2.75, 3.05) is 6.61 Å². The van der Waals surface area contributed by atoms with Crippen LogP contribution in [-0.4, -0.2) is 27.8 Å². The summed E-state index contributed by atoms with van der Waals surface area (Å²) in [5.74, 6) is -1.28. The summed E-state index contributed by atoms with van der Waals surface area (Å²) < 4.78 is 6.10. The van der Waals surface area contributed by atoms with Gasteiger partial charge in [0, 0.05) is 28.3 Å². The fraction of sp³-hybridized carbons (Fsp3) is 0.267. The average molecular weight is 350 g/mol. The molecule has 0 N–H and O–H groups in total. The highest BCUT2D eigenvalue weighted by Gasteiger charge is 2.17. The predicted octanol–water partition coefficient (Wildman–Crippen LogP) is 1.86. The lowest BCUT2D eigenvalue weighted by atomic mass is 10.1. The zero-order valence-electron chi connectivity index (χ0n) is 13.0. The van der Waals surface area contributed by atoms with Gasteiger partial charge in [0.15, 0.2) is 6.61 Å². The van der Waals surface area contributed by atoms with Crippen molar-refractivity contribution in [1.82, 2.24) is 4.57 Å². The van der Waals surface area contributed by atoms with Gasteiger partial charge in [0.25, 0.3) is 5.69 Å². The molecule has 2 aromatic rings. The van der Waals surface area contributed by atoms with Gasteiger partial charge in [0.2, 0.25) is 5.78 Å². The fourth-order valence-corrected chi connectivity index (χ4v) is 2.71. The zero-order valence-corrected chi connectivity index (χ0v) is 13.8. The van der Waals surface area contributed by atoms with Crippen LogP contribution in [0.4, 0.5) is 5.69 Å². The number of Topliss-reactive ketones (excluding diaryl/α,β-unsaturated/α-hetero) is 1. The van der Waals surface area contributed by atoms with E-state index in [9.17, 15) is 24.5 Å². The molecule has 2 rings (SSSR count). The lowest BCUT2D eigenvalue weighted by molar-refractivity contribution is -0.385. The number of benzene rings is 1. The van der Waals surface area contributed by atoms with Crippen molar-refractivity contribution in [3.05, 3.63) is 60.2 Å². The van der Waals surface area contributed by atoms with E-state index in [1.165, 1.54) is 16.7 Å². The van der Waals surface area contributed by atoms with Gasteiger partial charge in [-0.05, 0) is 13.8 Å². The SMILES string of the molecule is Cc1ccc(C(=O)COC(=O)Cn2c(C)csc2=O)cc1[N+](=O)[O-]. The maximum atomic E-state index is 12.0. The summed E-state index contributed by atoms with van der Waals surface area (Å²) in [4.78, 5) is 45.3. The van der Waals surface area contributed by atoms with E-state index >= 15 is 0 Å². The van der Waals surface area contributed by atoms with Gasteiger partial charge in [0.05, 0.1) is 4.92 Å². The van der Waals surface area contributed by atoms with Crippen molar-refractivity contribution in [2.45, 2.75) is 20.4 Å². The summed E-state index contributed by atoms with van der Waals surface area (Å²) in [7, 11) is 0. The van der Waals surface area contributed by atoms with Gasteiger partial charge in [0.1, 0.15) is 6.54 Å². The number of ether oxygens (including phenoxy) is 1. The third-order valence-electron chi connectivity index (χ3n) is 3.36. The van der Waals surface area contributed by atoms with Crippen LogP contribution in [0.3, 0.4) is 0 Å². The number of rotatable bonds is 6. The molecule has 0 spiro atoms. The number of ketones is 1. The van der Waals surface area contributed by atoms with Crippen molar-refractivity contribution in [3.63, 3.8) is 0 Å². The Morgan fingerprint density at radius 3 is 2.62 bits per heavy atom. The Bertz CT molecular complexity index is 867. The van der Waals surface area contributed by atoms with Crippen LogP contribution in [0.5, 0.6) is 0 Å². The van der Waals surface area contributed by atoms with E-state index in [1.807, 2.05) is 0 Å². The van der Waals surface area contributed by atoms with E-state index in [4.69, 9.17) is 4.74 Å². The van der Waals surface area contributed by atoms with Gasteiger partial charge in [-0.25, -0.2) is 0 Å². The Labute approximate surface area is 140 Å². The number of nitro benzene ring substituents is 1. The molecule has 8 nitrogen and oxygen atoms in total. The maximum Gasteiger partial charge on any atom is 0.326 e. The molecule has 0 unspecified atom stereocenters. The first kappa shape index (κ1) is 17.5. The normalized spacial score (nSPS) is 10.4. The number of hydrogen-bond acceptors (Lipinski definition) is 7. The molecule has 1 aromatic heterocycles. The molecule has 0 fully saturated rings. The number of hydrogen-bond donors (Lipinski definition) is 0. The van der Waals surface area contributed by atoms with Crippen LogP contribution < -0.4 is 4.87 Å². The predicted molar refractivity (Wildman–Crippen MR) is 86.4 cm³/mol. The van der Waals surface area contributed by atoms with Gasteiger partial charge in [-0.2, -0.15) is 0 Å². The molecule has 0 radical (unpaired) electrons. The molecule has 126 valence electrons. The van der Waals surface area contributed by atoms with Crippen LogP contribution >= 0.6 is 11.3 Å². The molecule has 9 heteroatoms. The topological polar surface area (TPSA) is 109 Å². The number of carbonyl (C=O) groups is 2. The number of aryl methyl sites for hydroxylation is 2. The van der Waals surface area contributed by atoms with E-state index in [0.717, 1.165) is 17.4 Å². The van der Waals surface area contributed by atoms with Crippen LogP contribution in [-0.2, 0) is 16.1 Å². The second kappa shape index (κ2) is 7.18. The largest absolute Gasteiger partial charge is 0.456 e. The average Bonchev–Trinajstić information content (AvgIpc) is 2.84. The Kier molecular flexibility index (Phi) is 5.24. The Balaban J connectivity index is 2.00. The first-order valence-electron chi connectivity index (χ1n) is 6.88. The standard InChI is InChI=1S/C15H14N2O6S/c1-9-3-4-11(5-12(9)17(21)22)13(18)7-23-14(19)6-16-10(2)8-24-15(16)20/h3-5,8H,6-7H2,1-2H3. The van der Waals surface area contributed by atoms with Crippen LogP contribution in [0.25, 0.3) is 0 Å². The van der Waals surface area contributed by atoms with Crippen molar-refractivity contribution in [1.29, 1.82) is 0 Å². The molecule has 0 aliphatic rings. The number of thiazole rings is 1. The smallest absolute Gasteiger partial charge is 0.326 e. The monoisotopic (exact) mass is 350 g/mol. The van der Waals surface area contributed by atoms with Crippen LogP contribution in [0.15, 0.2) is 28.4 Å². The first-order chi connectivity index (χ1) is 11.3. The van der Waals surface area contributed by atoms with E-state index in [2.05, 4.69) is 0 Å². The van der Waals surface area contributed by atoms with Crippen molar-refractivity contribution < 1.29 is 19.2 Å². The molecule has 24 heavy (non-hydrogen) atoms. The van der Waals surface area contributed by atoms with Gasteiger partial charge in [-0.1, -0.05) is 23.5 Å². The summed E-state index contributed by atoms with van der Waals surface area (Å²) in [6.45, 7) is 2.42. The van der Waals surface area contributed by atoms with Gasteiger partial charge in [-0.3, -0.25) is 29.1 Å². The first-order valence-corrected chi connectivity index (χ1v) is 7.76. The molecule has 0 aliphatic carbocycles. The summed E-state index contributed by atoms with van der Waals surface area (Å²) in [6, 6.07) is 4.05. The third-order valence-corrected chi connectivity index (χ3v) is 4.24. The highest BCUT2D eigenvalue weighted by Crippen LogP contribution is 2.19. The van der Waals surface area contributed by atoms with Crippen LogP contribution in [0, 0.1) is 24.0 Å². The summed E-state index contributed by atoms with van der Waals surface area (Å²) >= 11 is 0.969. The van der Waals surface area contributed by atoms with Gasteiger partial charge < -0.3 is 4.74 Å². The van der Waals surface area contributed by atoms with Crippen molar-refractivity contribution in [3.8, 4) is 0 Å². The number of nitrogens with zero attached hydrogens (tertiary/aromatic N) is 2.